The van der Waals surface area contributed by atoms with E-state index in [0.29, 0.717) is 6.54 Å². The lowest BCUT2D eigenvalue weighted by Gasteiger charge is -2.29. The van der Waals surface area contributed by atoms with Crippen molar-refractivity contribution >= 4 is 27.3 Å². The quantitative estimate of drug-likeness (QED) is 0.876. The van der Waals surface area contributed by atoms with Crippen molar-refractivity contribution in [3.05, 3.63) is 50.9 Å². The lowest BCUT2D eigenvalue weighted by molar-refractivity contribution is 0.205. The zero-order valence-electron chi connectivity index (χ0n) is 10.9. The maximum absolute atomic E-state index is 5.98. The zero-order chi connectivity index (χ0) is 13.7. The van der Waals surface area contributed by atoms with Gasteiger partial charge in [0.25, 0.3) is 0 Å². The van der Waals surface area contributed by atoms with Crippen molar-refractivity contribution in [1.82, 2.24) is 9.88 Å². The summed E-state index contributed by atoms with van der Waals surface area (Å²) in [5, 5.41) is 2.11. The molecule has 5 heteroatoms. The lowest BCUT2D eigenvalue weighted by Crippen LogP contribution is -2.33. The summed E-state index contributed by atoms with van der Waals surface area (Å²) in [5.41, 5.74) is 7.14. The van der Waals surface area contributed by atoms with Gasteiger partial charge in [-0.05, 0) is 45.6 Å². The van der Waals surface area contributed by atoms with Crippen molar-refractivity contribution < 1.29 is 0 Å². The molecular weight excluding hydrogens is 322 g/mol. The van der Waals surface area contributed by atoms with E-state index in [2.05, 4.69) is 56.3 Å². The Balaban J connectivity index is 2.18. The number of likely N-dealkylation sites (N-methyl/N-ethyl adjacent to an activating group) is 1. The third-order valence-corrected chi connectivity index (χ3v) is 4.41. The van der Waals surface area contributed by atoms with Crippen molar-refractivity contribution in [2.75, 3.05) is 13.1 Å². The molecule has 2 rings (SSSR count). The lowest BCUT2D eigenvalue weighted by atomic mass is 10.1. The van der Waals surface area contributed by atoms with Gasteiger partial charge in [-0.1, -0.05) is 13.0 Å². The van der Waals surface area contributed by atoms with Crippen molar-refractivity contribution in [2.45, 2.75) is 19.5 Å². The molecule has 19 heavy (non-hydrogen) atoms. The fourth-order valence-corrected chi connectivity index (χ4v) is 3.26. The minimum Gasteiger partial charge on any atom is -0.329 e. The Morgan fingerprint density at radius 3 is 2.89 bits per heavy atom. The van der Waals surface area contributed by atoms with Gasteiger partial charge < -0.3 is 5.73 Å². The molecule has 0 aromatic carbocycles. The first-order chi connectivity index (χ1) is 9.24. The molecule has 1 unspecified atom stereocenters. The van der Waals surface area contributed by atoms with Gasteiger partial charge in [-0.2, -0.15) is 0 Å². The summed E-state index contributed by atoms with van der Waals surface area (Å²) in [6.07, 6.45) is 3.70. The van der Waals surface area contributed by atoms with Crippen molar-refractivity contribution in [1.29, 1.82) is 0 Å². The third kappa shape index (κ3) is 3.86. The average molecular weight is 340 g/mol. The Bertz CT molecular complexity index is 501. The fraction of sp³-hybridized carbons (Fsp3) is 0.357. The van der Waals surface area contributed by atoms with Crippen LogP contribution in [-0.4, -0.2) is 23.0 Å². The Morgan fingerprint density at radius 1 is 1.47 bits per heavy atom. The minimum atomic E-state index is 0.206. The average Bonchev–Trinajstić information content (AvgIpc) is 2.91. The number of nitrogens with two attached hydrogens (primary N) is 1. The molecule has 3 nitrogen and oxygen atoms in total. The summed E-state index contributed by atoms with van der Waals surface area (Å²) in [6, 6.07) is 6.56. The molecule has 0 bridgehead atoms. The molecule has 102 valence electrons. The highest BCUT2D eigenvalue weighted by Crippen LogP contribution is 2.24. The smallest absolute Gasteiger partial charge is 0.0489 e. The van der Waals surface area contributed by atoms with Crippen LogP contribution in [0.4, 0.5) is 0 Å². The summed E-state index contributed by atoms with van der Waals surface area (Å²) in [7, 11) is 0. The van der Waals surface area contributed by atoms with Gasteiger partial charge in [-0.3, -0.25) is 9.88 Å². The molecule has 0 amide bonds. The number of aromatic nitrogens is 1. The Kier molecular flexibility index (Phi) is 5.51. The van der Waals surface area contributed by atoms with E-state index in [1.807, 2.05) is 6.20 Å². The van der Waals surface area contributed by atoms with Gasteiger partial charge in [-0.15, -0.1) is 11.3 Å². The zero-order valence-corrected chi connectivity index (χ0v) is 13.3. The standard InChI is InChI=1S/C14H18BrN3S/c1-2-18(10-13-4-3-5-19-13)14(7-16)11-6-12(15)9-17-8-11/h3-6,8-9,14H,2,7,10,16H2,1H3. The van der Waals surface area contributed by atoms with Crippen molar-refractivity contribution in [2.24, 2.45) is 5.73 Å². The summed E-state index contributed by atoms with van der Waals surface area (Å²) in [4.78, 5) is 7.99. The highest BCUT2D eigenvalue weighted by Gasteiger charge is 2.18. The van der Waals surface area contributed by atoms with Crippen LogP contribution in [-0.2, 0) is 6.54 Å². The second-order valence-electron chi connectivity index (χ2n) is 4.33. The van der Waals surface area contributed by atoms with Gasteiger partial charge in [0.05, 0.1) is 0 Å². The fourth-order valence-electron chi connectivity index (χ4n) is 2.15. The summed E-state index contributed by atoms with van der Waals surface area (Å²) >= 11 is 5.26. The molecule has 2 aromatic heterocycles. The number of hydrogen-bond donors (Lipinski definition) is 1. The Hall–Kier alpha value is -0.750. The van der Waals surface area contributed by atoms with Gasteiger partial charge >= 0.3 is 0 Å². The van der Waals surface area contributed by atoms with E-state index >= 15 is 0 Å². The van der Waals surface area contributed by atoms with Crippen molar-refractivity contribution in [3.8, 4) is 0 Å². The first-order valence-corrected chi connectivity index (χ1v) is 7.98. The third-order valence-electron chi connectivity index (χ3n) is 3.12. The van der Waals surface area contributed by atoms with Crippen LogP contribution >= 0.6 is 27.3 Å². The first kappa shape index (κ1) is 14.7. The van der Waals surface area contributed by atoms with Gasteiger partial charge in [0.15, 0.2) is 0 Å². The van der Waals surface area contributed by atoms with E-state index in [9.17, 15) is 0 Å². The number of halogens is 1. The normalized spacial score (nSPS) is 12.8. The highest BCUT2D eigenvalue weighted by molar-refractivity contribution is 9.10. The van der Waals surface area contributed by atoms with E-state index in [1.165, 1.54) is 4.88 Å². The van der Waals surface area contributed by atoms with Crippen LogP contribution in [0.5, 0.6) is 0 Å². The summed E-state index contributed by atoms with van der Waals surface area (Å²) < 4.78 is 0.996. The van der Waals surface area contributed by atoms with Gasteiger partial charge in [0.1, 0.15) is 0 Å². The Labute approximate surface area is 126 Å². The molecule has 2 aromatic rings. The SMILES string of the molecule is CCN(Cc1cccs1)C(CN)c1cncc(Br)c1. The molecule has 0 aliphatic heterocycles. The predicted octanol–water partition coefficient (Wildman–Crippen LogP) is 3.43. The predicted molar refractivity (Wildman–Crippen MR) is 84.1 cm³/mol. The monoisotopic (exact) mass is 339 g/mol. The first-order valence-electron chi connectivity index (χ1n) is 6.31. The van der Waals surface area contributed by atoms with Crippen LogP contribution < -0.4 is 5.73 Å². The number of rotatable bonds is 6. The summed E-state index contributed by atoms with van der Waals surface area (Å²) in [5.74, 6) is 0. The molecule has 0 aliphatic carbocycles. The van der Waals surface area contributed by atoms with Gasteiger partial charge in [0.2, 0.25) is 0 Å². The number of pyridine rings is 1. The highest BCUT2D eigenvalue weighted by atomic mass is 79.9. The van der Waals surface area contributed by atoms with Gasteiger partial charge in [0, 0.05) is 40.9 Å². The topological polar surface area (TPSA) is 42.1 Å². The van der Waals surface area contributed by atoms with E-state index in [4.69, 9.17) is 5.73 Å². The molecule has 0 saturated heterocycles. The Morgan fingerprint density at radius 2 is 2.32 bits per heavy atom. The molecule has 0 saturated carbocycles. The number of nitrogens with zero attached hydrogens (tertiary/aromatic N) is 2. The van der Waals surface area contributed by atoms with Crippen LogP contribution in [0.2, 0.25) is 0 Å². The van der Waals surface area contributed by atoms with Crippen LogP contribution in [0.15, 0.2) is 40.4 Å². The van der Waals surface area contributed by atoms with Crippen LogP contribution in [0.25, 0.3) is 0 Å². The van der Waals surface area contributed by atoms with E-state index in [-0.39, 0.29) is 6.04 Å². The van der Waals surface area contributed by atoms with Gasteiger partial charge in [-0.25, -0.2) is 0 Å². The molecule has 0 fully saturated rings. The van der Waals surface area contributed by atoms with Crippen LogP contribution in [0, 0.1) is 0 Å². The van der Waals surface area contributed by atoms with E-state index in [1.54, 1.807) is 17.5 Å². The second kappa shape index (κ2) is 7.14. The number of hydrogen-bond acceptors (Lipinski definition) is 4. The van der Waals surface area contributed by atoms with Crippen LogP contribution in [0.3, 0.4) is 0 Å². The largest absolute Gasteiger partial charge is 0.329 e. The molecule has 0 radical (unpaired) electrons. The minimum absolute atomic E-state index is 0.206. The molecule has 0 aliphatic rings. The molecule has 2 heterocycles. The van der Waals surface area contributed by atoms with Crippen LogP contribution in [0.1, 0.15) is 23.4 Å². The summed E-state index contributed by atoms with van der Waals surface area (Å²) in [6.45, 7) is 4.66. The molecule has 0 spiro atoms. The van der Waals surface area contributed by atoms with E-state index < -0.39 is 0 Å². The number of thiophene rings is 1. The maximum Gasteiger partial charge on any atom is 0.0489 e. The molecular formula is C14H18BrN3S. The van der Waals surface area contributed by atoms with Crippen molar-refractivity contribution in [3.63, 3.8) is 0 Å². The molecule has 1 atom stereocenters. The van der Waals surface area contributed by atoms with E-state index in [0.717, 1.165) is 23.1 Å². The maximum atomic E-state index is 5.98. The second-order valence-corrected chi connectivity index (χ2v) is 6.28. The molecule has 2 N–H and O–H groups in total.